The SMILES string of the molecule is CCC1(CC)CCN(CC(N)=S)C1. The number of thiocarbonyl (C=S) groups is 1. The molecule has 3 heteroatoms. The maximum atomic E-state index is 5.53. The minimum atomic E-state index is 0.546. The molecule has 13 heavy (non-hydrogen) atoms. The van der Waals surface area contributed by atoms with E-state index in [0.717, 1.165) is 6.54 Å². The van der Waals surface area contributed by atoms with Crippen molar-refractivity contribution >= 4 is 17.2 Å². The van der Waals surface area contributed by atoms with Gasteiger partial charge in [-0.1, -0.05) is 26.1 Å². The van der Waals surface area contributed by atoms with Gasteiger partial charge in [0.15, 0.2) is 0 Å². The number of hydrogen-bond acceptors (Lipinski definition) is 2. The lowest BCUT2D eigenvalue weighted by atomic mass is 9.82. The molecular weight excluding hydrogens is 180 g/mol. The van der Waals surface area contributed by atoms with E-state index in [1.165, 1.54) is 32.4 Å². The summed E-state index contributed by atoms with van der Waals surface area (Å²) in [6.45, 7) is 7.72. The molecule has 0 bridgehead atoms. The van der Waals surface area contributed by atoms with E-state index in [1.54, 1.807) is 0 Å². The van der Waals surface area contributed by atoms with E-state index in [9.17, 15) is 0 Å². The van der Waals surface area contributed by atoms with Crippen LogP contribution in [-0.4, -0.2) is 29.5 Å². The number of hydrogen-bond donors (Lipinski definition) is 1. The summed E-state index contributed by atoms with van der Waals surface area (Å²) < 4.78 is 0. The molecule has 1 aliphatic rings. The molecule has 0 aromatic rings. The molecular formula is C10H20N2S. The van der Waals surface area contributed by atoms with Crippen molar-refractivity contribution in [3.8, 4) is 0 Å². The lowest BCUT2D eigenvalue weighted by Crippen LogP contribution is -2.33. The van der Waals surface area contributed by atoms with Crippen LogP contribution in [0.15, 0.2) is 0 Å². The van der Waals surface area contributed by atoms with Crippen LogP contribution in [0.25, 0.3) is 0 Å². The maximum Gasteiger partial charge on any atom is 0.0870 e. The molecule has 1 rings (SSSR count). The molecule has 0 atom stereocenters. The molecule has 2 nitrogen and oxygen atoms in total. The summed E-state index contributed by atoms with van der Waals surface area (Å²) in [6, 6.07) is 0. The van der Waals surface area contributed by atoms with Crippen LogP contribution in [0.1, 0.15) is 33.1 Å². The lowest BCUT2D eigenvalue weighted by Gasteiger charge is -2.26. The maximum absolute atomic E-state index is 5.53. The van der Waals surface area contributed by atoms with Gasteiger partial charge in [-0.05, 0) is 31.2 Å². The fraction of sp³-hybridized carbons (Fsp3) is 0.900. The van der Waals surface area contributed by atoms with Crippen LogP contribution >= 0.6 is 12.2 Å². The van der Waals surface area contributed by atoms with Crippen LogP contribution in [0.2, 0.25) is 0 Å². The van der Waals surface area contributed by atoms with Crippen LogP contribution in [0.4, 0.5) is 0 Å². The fourth-order valence-corrected chi connectivity index (χ4v) is 2.39. The minimum absolute atomic E-state index is 0.546. The molecule has 0 amide bonds. The highest BCUT2D eigenvalue weighted by Crippen LogP contribution is 2.36. The van der Waals surface area contributed by atoms with E-state index < -0.39 is 0 Å². The Morgan fingerprint density at radius 3 is 2.46 bits per heavy atom. The van der Waals surface area contributed by atoms with Crippen molar-refractivity contribution < 1.29 is 0 Å². The van der Waals surface area contributed by atoms with Gasteiger partial charge in [-0.2, -0.15) is 0 Å². The van der Waals surface area contributed by atoms with Gasteiger partial charge in [0.1, 0.15) is 0 Å². The Bertz CT molecular complexity index is 187. The second kappa shape index (κ2) is 4.38. The van der Waals surface area contributed by atoms with E-state index in [2.05, 4.69) is 18.7 Å². The molecule has 0 aliphatic carbocycles. The molecule has 0 unspecified atom stereocenters. The molecule has 0 aromatic heterocycles. The second-order valence-electron chi connectivity index (χ2n) is 4.13. The van der Waals surface area contributed by atoms with Gasteiger partial charge in [0.2, 0.25) is 0 Å². The molecule has 1 heterocycles. The van der Waals surface area contributed by atoms with Crippen LogP contribution in [0, 0.1) is 5.41 Å². The highest BCUT2D eigenvalue weighted by Gasteiger charge is 2.34. The smallest absolute Gasteiger partial charge is 0.0870 e. The van der Waals surface area contributed by atoms with Crippen LogP contribution in [0.5, 0.6) is 0 Å². The van der Waals surface area contributed by atoms with Crippen molar-refractivity contribution in [2.24, 2.45) is 11.1 Å². The van der Waals surface area contributed by atoms with Crippen molar-refractivity contribution in [3.05, 3.63) is 0 Å². The Morgan fingerprint density at radius 2 is 2.08 bits per heavy atom. The van der Waals surface area contributed by atoms with Gasteiger partial charge in [-0.3, -0.25) is 4.90 Å². The summed E-state index contributed by atoms with van der Waals surface area (Å²) in [5.74, 6) is 0. The van der Waals surface area contributed by atoms with E-state index in [0.29, 0.717) is 10.4 Å². The van der Waals surface area contributed by atoms with Crippen molar-refractivity contribution in [1.82, 2.24) is 4.90 Å². The van der Waals surface area contributed by atoms with E-state index in [1.807, 2.05) is 0 Å². The van der Waals surface area contributed by atoms with E-state index >= 15 is 0 Å². The summed E-state index contributed by atoms with van der Waals surface area (Å²) in [6.07, 6.45) is 3.86. The highest BCUT2D eigenvalue weighted by atomic mass is 32.1. The number of rotatable bonds is 4. The normalized spacial score (nSPS) is 22.0. The van der Waals surface area contributed by atoms with Gasteiger partial charge in [-0.15, -0.1) is 0 Å². The molecule has 1 aliphatic heterocycles. The van der Waals surface area contributed by atoms with Crippen LogP contribution in [0.3, 0.4) is 0 Å². The molecule has 1 fully saturated rings. The molecule has 1 saturated heterocycles. The van der Waals surface area contributed by atoms with Gasteiger partial charge < -0.3 is 5.73 Å². The first-order chi connectivity index (χ1) is 6.12. The van der Waals surface area contributed by atoms with Crippen molar-refractivity contribution in [2.75, 3.05) is 19.6 Å². The summed E-state index contributed by atoms with van der Waals surface area (Å²) in [5.41, 5.74) is 6.08. The van der Waals surface area contributed by atoms with Gasteiger partial charge in [-0.25, -0.2) is 0 Å². The number of nitrogens with zero attached hydrogens (tertiary/aromatic N) is 1. The zero-order valence-electron chi connectivity index (χ0n) is 8.68. The third kappa shape index (κ3) is 2.64. The van der Waals surface area contributed by atoms with Crippen molar-refractivity contribution in [1.29, 1.82) is 0 Å². The van der Waals surface area contributed by atoms with Gasteiger partial charge in [0.05, 0.1) is 4.99 Å². The summed E-state index contributed by atoms with van der Waals surface area (Å²) in [7, 11) is 0. The largest absolute Gasteiger partial charge is 0.392 e. The van der Waals surface area contributed by atoms with Gasteiger partial charge >= 0.3 is 0 Å². The Labute approximate surface area is 86.5 Å². The molecule has 76 valence electrons. The zero-order valence-corrected chi connectivity index (χ0v) is 9.49. The first-order valence-electron chi connectivity index (χ1n) is 5.12. The number of nitrogens with two attached hydrogens (primary N) is 1. The van der Waals surface area contributed by atoms with Gasteiger partial charge in [0, 0.05) is 13.1 Å². The predicted octanol–water partition coefficient (Wildman–Crippen LogP) is 1.78. The predicted molar refractivity (Wildman–Crippen MR) is 60.9 cm³/mol. The topological polar surface area (TPSA) is 29.3 Å². The van der Waals surface area contributed by atoms with Crippen LogP contribution in [-0.2, 0) is 0 Å². The van der Waals surface area contributed by atoms with E-state index in [4.69, 9.17) is 18.0 Å². The summed E-state index contributed by atoms with van der Waals surface area (Å²) >= 11 is 4.92. The molecule has 0 aromatic carbocycles. The van der Waals surface area contributed by atoms with E-state index in [-0.39, 0.29) is 0 Å². The Kier molecular flexibility index (Phi) is 3.68. The quantitative estimate of drug-likeness (QED) is 0.702. The average molecular weight is 200 g/mol. The Balaban J connectivity index is 2.47. The molecule has 0 saturated carbocycles. The Hall–Kier alpha value is -0.150. The average Bonchev–Trinajstić information content (AvgIpc) is 2.48. The van der Waals surface area contributed by atoms with Gasteiger partial charge in [0.25, 0.3) is 0 Å². The minimum Gasteiger partial charge on any atom is -0.392 e. The van der Waals surface area contributed by atoms with Crippen LogP contribution < -0.4 is 5.73 Å². The monoisotopic (exact) mass is 200 g/mol. The Morgan fingerprint density at radius 1 is 1.46 bits per heavy atom. The zero-order chi connectivity index (χ0) is 9.90. The second-order valence-corrected chi connectivity index (χ2v) is 4.66. The summed E-state index contributed by atoms with van der Waals surface area (Å²) in [5, 5.41) is 0. The van der Waals surface area contributed by atoms with Crippen molar-refractivity contribution in [2.45, 2.75) is 33.1 Å². The highest BCUT2D eigenvalue weighted by molar-refractivity contribution is 7.80. The number of likely N-dealkylation sites (tertiary alicyclic amines) is 1. The molecule has 2 N–H and O–H groups in total. The molecule has 0 spiro atoms. The first kappa shape index (κ1) is 10.9. The third-order valence-electron chi connectivity index (χ3n) is 3.40. The van der Waals surface area contributed by atoms with Crippen molar-refractivity contribution in [3.63, 3.8) is 0 Å². The lowest BCUT2D eigenvalue weighted by molar-refractivity contribution is 0.254. The first-order valence-corrected chi connectivity index (χ1v) is 5.53. The summed E-state index contributed by atoms with van der Waals surface area (Å²) in [4.78, 5) is 3.01. The standard InChI is InChI=1S/C10H20N2S/c1-3-10(4-2)5-6-12(8-10)7-9(11)13/h3-8H2,1-2H3,(H2,11,13). The third-order valence-corrected chi connectivity index (χ3v) is 3.53. The fourth-order valence-electron chi connectivity index (χ4n) is 2.21. The molecule has 0 radical (unpaired) electrons.